The van der Waals surface area contributed by atoms with Crippen LogP contribution in [0.4, 0.5) is 0 Å². The normalized spacial score (nSPS) is 10.0. The molecule has 2 aromatic carbocycles. The van der Waals surface area contributed by atoms with Crippen molar-refractivity contribution in [1.82, 2.24) is 5.32 Å². The first-order valence-corrected chi connectivity index (χ1v) is 7.39. The van der Waals surface area contributed by atoms with Crippen molar-refractivity contribution in [2.75, 3.05) is 0 Å². The van der Waals surface area contributed by atoms with Crippen LogP contribution in [0.15, 0.2) is 61.2 Å². The van der Waals surface area contributed by atoms with Crippen molar-refractivity contribution in [1.29, 1.82) is 0 Å². The van der Waals surface area contributed by atoms with E-state index in [-0.39, 0.29) is 5.91 Å². The first-order chi connectivity index (χ1) is 10.7. The number of carbonyl (C=O) groups is 1. The van der Waals surface area contributed by atoms with Crippen LogP contribution in [0, 0.1) is 6.92 Å². The summed E-state index contributed by atoms with van der Waals surface area (Å²) in [5.41, 5.74) is 2.03. The zero-order valence-electron chi connectivity index (χ0n) is 12.8. The van der Waals surface area contributed by atoms with E-state index >= 15 is 0 Å². The largest absolute Gasteiger partial charge is 0.457 e. The summed E-state index contributed by atoms with van der Waals surface area (Å²) < 4.78 is 5.99. The van der Waals surface area contributed by atoms with E-state index in [1.807, 2.05) is 55.5 Å². The molecule has 0 aliphatic heterocycles. The Labute approximate surface area is 131 Å². The number of carbonyl (C=O) groups excluding carboxylic acids is 1. The Morgan fingerprint density at radius 1 is 1.14 bits per heavy atom. The van der Waals surface area contributed by atoms with Gasteiger partial charge in [0, 0.05) is 18.5 Å². The Morgan fingerprint density at radius 3 is 2.55 bits per heavy atom. The summed E-state index contributed by atoms with van der Waals surface area (Å²) in [5, 5.41) is 2.91. The van der Waals surface area contributed by atoms with Crippen LogP contribution < -0.4 is 10.1 Å². The van der Waals surface area contributed by atoms with Gasteiger partial charge in [0.2, 0.25) is 5.91 Å². The molecule has 0 saturated heterocycles. The maximum Gasteiger partial charge on any atom is 0.220 e. The molecule has 3 nitrogen and oxygen atoms in total. The summed E-state index contributed by atoms with van der Waals surface area (Å²) in [4.78, 5) is 11.7. The Balaban J connectivity index is 2.05. The van der Waals surface area contributed by atoms with Gasteiger partial charge < -0.3 is 10.1 Å². The third-order valence-electron chi connectivity index (χ3n) is 3.34. The average molecular weight is 295 g/mol. The van der Waals surface area contributed by atoms with E-state index in [1.165, 1.54) is 0 Å². The zero-order valence-corrected chi connectivity index (χ0v) is 12.8. The minimum absolute atomic E-state index is 0.0191. The topological polar surface area (TPSA) is 38.3 Å². The zero-order chi connectivity index (χ0) is 15.8. The number of para-hydroxylation sites is 2. The first-order valence-electron chi connectivity index (χ1n) is 7.39. The number of rotatable bonds is 7. The predicted molar refractivity (Wildman–Crippen MR) is 89.0 cm³/mol. The van der Waals surface area contributed by atoms with E-state index in [4.69, 9.17) is 4.74 Å². The second kappa shape index (κ2) is 8.03. The van der Waals surface area contributed by atoms with Crippen molar-refractivity contribution < 1.29 is 9.53 Å². The molecule has 0 saturated carbocycles. The SMILES string of the molecule is C=CCCC(=O)NCc1ccccc1Oc1ccccc1C. The summed E-state index contributed by atoms with van der Waals surface area (Å²) in [6, 6.07) is 15.6. The number of ether oxygens (including phenoxy) is 1. The van der Waals surface area contributed by atoms with E-state index < -0.39 is 0 Å². The number of benzene rings is 2. The van der Waals surface area contributed by atoms with Gasteiger partial charge in [-0.3, -0.25) is 4.79 Å². The van der Waals surface area contributed by atoms with E-state index in [0.717, 1.165) is 22.6 Å². The van der Waals surface area contributed by atoms with Crippen LogP contribution in [0.25, 0.3) is 0 Å². The van der Waals surface area contributed by atoms with Gasteiger partial charge in [0.05, 0.1) is 0 Å². The second-order valence-corrected chi connectivity index (χ2v) is 5.08. The lowest BCUT2D eigenvalue weighted by Crippen LogP contribution is -2.22. The van der Waals surface area contributed by atoms with E-state index in [9.17, 15) is 4.79 Å². The van der Waals surface area contributed by atoms with Crippen molar-refractivity contribution in [2.24, 2.45) is 0 Å². The van der Waals surface area contributed by atoms with Gasteiger partial charge in [-0.15, -0.1) is 6.58 Å². The van der Waals surface area contributed by atoms with Crippen molar-refractivity contribution in [3.8, 4) is 11.5 Å². The Morgan fingerprint density at radius 2 is 1.82 bits per heavy atom. The first kappa shape index (κ1) is 15.8. The summed E-state index contributed by atoms with van der Waals surface area (Å²) in [5.74, 6) is 1.61. The predicted octanol–water partition coefficient (Wildman–Crippen LogP) is 4.37. The van der Waals surface area contributed by atoms with Crippen LogP contribution in [0.1, 0.15) is 24.0 Å². The van der Waals surface area contributed by atoms with Gasteiger partial charge in [-0.2, -0.15) is 0 Å². The van der Waals surface area contributed by atoms with E-state index in [2.05, 4.69) is 11.9 Å². The second-order valence-electron chi connectivity index (χ2n) is 5.08. The highest BCUT2D eigenvalue weighted by Crippen LogP contribution is 2.27. The molecule has 0 aliphatic carbocycles. The van der Waals surface area contributed by atoms with Crippen molar-refractivity contribution in [3.05, 3.63) is 72.3 Å². The molecule has 3 heteroatoms. The highest BCUT2D eigenvalue weighted by atomic mass is 16.5. The molecule has 0 aliphatic rings. The molecule has 0 bridgehead atoms. The van der Waals surface area contributed by atoms with Crippen molar-refractivity contribution in [2.45, 2.75) is 26.3 Å². The molecular weight excluding hydrogens is 274 g/mol. The standard InChI is InChI=1S/C19H21NO2/c1-3-4-13-19(21)20-14-16-10-6-8-12-18(16)22-17-11-7-5-9-15(17)2/h3,5-12H,1,4,13-14H2,2H3,(H,20,21). The molecule has 1 amide bonds. The Hall–Kier alpha value is -2.55. The Bertz CT molecular complexity index is 649. The fourth-order valence-electron chi connectivity index (χ4n) is 2.05. The number of nitrogens with one attached hydrogen (secondary N) is 1. The lowest BCUT2D eigenvalue weighted by molar-refractivity contribution is -0.121. The molecule has 2 rings (SSSR count). The van der Waals surface area contributed by atoms with Crippen LogP contribution >= 0.6 is 0 Å². The maximum atomic E-state index is 11.7. The summed E-state index contributed by atoms with van der Waals surface area (Å²) in [6.07, 6.45) is 2.90. The van der Waals surface area contributed by atoms with E-state index in [0.29, 0.717) is 19.4 Å². The quantitative estimate of drug-likeness (QED) is 0.770. The fraction of sp³-hybridized carbons (Fsp3) is 0.211. The molecule has 0 unspecified atom stereocenters. The average Bonchev–Trinajstić information content (AvgIpc) is 2.54. The van der Waals surface area contributed by atoms with Crippen LogP contribution in [0.5, 0.6) is 11.5 Å². The van der Waals surface area contributed by atoms with Gasteiger partial charge in [-0.25, -0.2) is 0 Å². The lowest BCUT2D eigenvalue weighted by atomic mass is 10.2. The maximum absolute atomic E-state index is 11.7. The number of allylic oxidation sites excluding steroid dienone is 1. The third-order valence-corrected chi connectivity index (χ3v) is 3.34. The van der Waals surface area contributed by atoms with Crippen LogP contribution in [-0.2, 0) is 11.3 Å². The van der Waals surface area contributed by atoms with Gasteiger partial charge in [0.15, 0.2) is 0 Å². The summed E-state index contributed by atoms with van der Waals surface area (Å²) in [6.45, 7) is 6.09. The number of aryl methyl sites for hydroxylation is 1. The molecule has 0 heterocycles. The summed E-state index contributed by atoms with van der Waals surface area (Å²) in [7, 11) is 0. The van der Waals surface area contributed by atoms with Gasteiger partial charge in [-0.05, 0) is 31.0 Å². The molecule has 0 fully saturated rings. The van der Waals surface area contributed by atoms with Gasteiger partial charge in [0.25, 0.3) is 0 Å². The smallest absolute Gasteiger partial charge is 0.220 e. The molecule has 0 radical (unpaired) electrons. The molecule has 2 aromatic rings. The molecule has 0 atom stereocenters. The monoisotopic (exact) mass is 295 g/mol. The van der Waals surface area contributed by atoms with E-state index in [1.54, 1.807) is 6.08 Å². The van der Waals surface area contributed by atoms with Gasteiger partial charge in [0.1, 0.15) is 11.5 Å². The third kappa shape index (κ3) is 4.48. The molecular formula is C19H21NO2. The molecule has 0 spiro atoms. The van der Waals surface area contributed by atoms with Gasteiger partial charge in [-0.1, -0.05) is 42.5 Å². The molecule has 0 aromatic heterocycles. The lowest BCUT2D eigenvalue weighted by Gasteiger charge is -2.13. The highest BCUT2D eigenvalue weighted by Gasteiger charge is 2.07. The molecule has 114 valence electrons. The van der Waals surface area contributed by atoms with Crippen LogP contribution in [0.3, 0.4) is 0 Å². The van der Waals surface area contributed by atoms with Crippen molar-refractivity contribution >= 4 is 5.91 Å². The van der Waals surface area contributed by atoms with Crippen LogP contribution in [0.2, 0.25) is 0 Å². The fourth-order valence-corrected chi connectivity index (χ4v) is 2.05. The number of amides is 1. The Kier molecular flexibility index (Phi) is 5.78. The van der Waals surface area contributed by atoms with Crippen LogP contribution in [-0.4, -0.2) is 5.91 Å². The minimum atomic E-state index is 0.0191. The number of hydrogen-bond donors (Lipinski definition) is 1. The minimum Gasteiger partial charge on any atom is -0.457 e. The molecule has 22 heavy (non-hydrogen) atoms. The van der Waals surface area contributed by atoms with Crippen molar-refractivity contribution in [3.63, 3.8) is 0 Å². The van der Waals surface area contributed by atoms with Gasteiger partial charge >= 0.3 is 0 Å². The molecule has 1 N–H and O–H groups in total. The number of hydrogen-bond acceptors (Lipinski definition) is 2. The highest BCUT2D eigenvalue weighted by molar-refractivity contribution is 5.76. The summed E-state index contributed by atoms with van der Waals surface area (Å²) >= 11 is 0.